The Morgan fingerprint density at radius 1 is 1.50 bits per heavy atom. The lowest BCUT2D eigenvalue weighted by molar-refractivity contribution is 0.423. The maximum atomic E-state index is 6.27. The first-order valence-corrected chi connectivity index (χ1v) is 6.29. The minimum Gasteiger partial charge on any atom is -0.340 e. The average Bonchev–Trinajstić information content (AvgIpc) is 2.85. The molecule has 98 valence electrons. The van der Waals surface area contributed by atoms with E-state index in [0.29, 0.717) is 0 Å². The molecule has 1 unspecified atom stereocenters. The first-order chi connectivity index (χ1) is 8.44. The minimum atomic E-state index is -0.400. The molecule has 0 aromatic carbocycles. The molecule has 0 aliphatic rings. The van der Waals surface area contributed by atoms with Crippen molar-refractivity contribution in [2.45, 2.75) is 39.2 Å². The molecule has 0 aliphatic heterocycles. The highest BCUT2D eigenvalue weighted by Crippen LogP contribution is 2.25. The van der Waals surface area contributed by atoms with Crippen LogP contribution in [0.3, 0.4) is 0 Å². The zero-order chi connectivity index (χ0) is 13.3. The Bertz CT molecular complexity index is 535. The number of H-pyrrole nitrogens is 1. The van der Waals surface area contributed by atoms with E-state index in [1.165, 1.54) is 0 Å². The van der Waals surface area contributed by atoms with Gasteiger partial charge in [-0.25, -0.2) is 4.98 Å². The molecular weight excluding hydrogens is 226 g/mol. The summed E-state index contributed by atoms with van der Waals surface area (Å²) in [5, 5.41) is 4.33. The van der Waals surface area contributed by atoms with Crippen molar-refractivity contribution in [2.24, 2.45) is 12.8 Å². The predicted octanol–water partition coefficient (Wildman–Crippen LogP) is 2.09. The topological polar surface area (TPSA) is 72.5 Å². The molecule has 3 N–H and O–H groups in total. The van der Waals surface area contributed by atoms with E-state index in [4.69, 9.17) is 5.73 Å². The number of aryl methyl sites for hydroxylation is 2. The van der Waals surface area contributed by atoms with Gasteiger partial charge in [0.25, 0.3) is 0 Å². The summed E-state index contributed by atoms with van der Waals surface area (Å²) in [6.07, 6.45) is 5.77. The Labute approximate surface area is 107 Å². The highest BCUT2D eigenvalue weighted by Gasteiger charge is 2.24. The number of nitrogens with zero attached hydrogens (tertiary/aromatic N) is 3. The second-order valence-corrected chi connectivity index (χ2v) is 5.11. The van der Waals surface area contributed by atoms with Crippen LogP contribution in [0.4, 0.5) is 0 Å². The number of hydrogen-bond donors (Lipinski definition) is 2. The summed E-state index contributed by atoms with van der Waals surface area (Å²) in [5.74, 6) is 0.836. The van der Waals surface area contributed by atoms with Crippen molar-refractivity contribution >= 4 is 0 Å². The van der Waals surface area contributed by atoms with Crippen LogP contribution >= 0.6 is 0 Å². The molecule has 1 atom stereocenters. The lowest BCUT2D eigenvalue weighted by Crippen LogP contribution is -2.34. The number of imidazole rings is 1. The zero-order valence-corrected chi connectivity index (χ0v) is 11.5. The Morgan fingerprint density at radius 3 is 2.78 bits per heavy atom. The van der Waals surface area contributed by atoms with Gasteiger partial charge >= 0.3 is 0 Å². The van der Waals surface area contributed by atoms with Crippen LogP contribution in [-0.4, -0.2) is 19.7 Å². The monoisotopic (exact) mass is 247 g/mol. The molecule has 0 spiro atoms. The molecule has 0 amide bonds. The fraction of sp³-hybridized carbons (Fsp3) is 0.538. The van der Waals surface area contributed by atoms with Gasteiger partial charge in [-0.3, -0.25) is 4.68 Å². The molecule has 0 saturated heterocycles. The van der Waals surface area contributed by atoms with Gasteiger partial charge in [0.1, 0.15) is 5.82 Å². The van der Waals surface area contributed by atoms with Crippen molar-refractivity contribution in [3.63, 3.8) is 0 Å². The summed E-state index contributed by atoms with van der Waals surface area (Å²) in [7, 11) is 1.91. The fourth-order valence-electron chi connectivity index (χ4n) is 2.25. The highest BCUT2D eigenvalue weighted by atomic mass is 15.2. The summed E-state index contributed by atoms with van der Waals surface area (Å²) in [4.78, 5) is 7.73. The molecule has 0 fully saturated rings. The van der Waals surface area contributed by atoms with E-state index in [9.17, 15) is 0 Å². The Morgan fingerprint density at radius 2 is 2.22 bits per heavy atom. The summed E-state index contributed by atoms with van der Waals surface area (Å²) in [6.45, 7) is 6.12. The Kier molecular flexibility index (Phi) is 3.26. The SMILES string of the molecule is CCCC(C)(N)c1ncc(-c2cn(C)nc2C)[nH]1. The number of rotatable bonds is 4. The first kappa shape index (κ1) is 12.8. The molecule has 0 radical (unpaired) electrons. The van der Waals surface area contributed by atoms with Crippen molar-refractivity contribution in [1.29, 1.82) is 0 Å². The summed E-state index contributed by atoms with van der Waals surface area (Å²) < 4.78 is 1.80. The minimum absolute atomic E-state index is 0.400. The number of aromatic nitrogens is 4. The second kappa shape index (κ2) is 4.57. The normalized spacial score (nSPS) is 14.7. The van der Waals surface area contributed by atoms with E-state index in [1.807, 2.05) is 33.3 Å². The summed E-state index contributed by atoms with van der Waals surface area (Å²) in [5.41, 5.74) is 8.90. The summed E-state index contributed by atoms with van der Waals surface area (Å²) >= 11 is 0. The van der Waals surface area contributed by atoms with Gasteiger partial charge in [0, 0.05) is 18.8 Å². The third-order valence-electron chi connectivity index (χ3n) is 3.19. The second-order valence-electron chi connectivity index (χ2n) is 5.11. The van der Waals surface area contributed by atoms with Gasteiger partial charge < -0.3 is 10.7 Å². The van der Waals surface area contributed by atoms with Crippen LogP contribution in [0.2, 0.25) is 0 Å². The van der Waals surface area contributed by atoms with Crippen LogP contribution < -0.4 is 5.73 Å². The largest absolute Gasteiger partial charge is 0.340 e. The van der Waals surface area contributed by atoms with Crippen LogP contribution in [0.25, 0.3) is 11.3 Å². The van der Waals surface area contributed by atoms with Gasteiger partial charge in [0.2, 0.25) is 0 Å². The predicted molar refractivity (Wildman–Crippen MR) is 72.0 cm³/mol. The van der Waals surface area contributed by atoms with Gasteiger partial charge in [-0.2, -0.15) is 5.10 Å². The van der Waals surface area contributed by atoms with Crippen molar-refractivity contribution in [2.75, 3.05) is 0 Å². The highest BCUT2D eigenvalue weighted by molar-refractivity contribution is 5.60. The van der Waals surface area contributed by atoms with Gasteiger partial charge in [0.05, 0.1) is 23.1 Å². The van der Waals surface area contributed by atoms with E-state index in [1.54, 1.807) is 4.68 Å². The van der Waals surface area contributed by atoms with Crippen molar-refractivity contribution < 1.29 is 0 Å². The molecule has 5 heteroatoms. The fourth-order valence-corrected chi connectivity index (χ4v) is 2.25. The van der Waals surface area contributed by atoms with Crippen LogP contribution in [-0.2, 0) is 12.6 Å². The maximum Gasteiger partial charge on any atom is 0.126 e. The van der Waals surface area contributed by atoms with E-state index in [2.05, 4.69) is 22.0 Å². The van der Waals surface area contributed by atoms with Crippen molar-refractivity contribution in [1.82, 2.24) is 19.7 Å². The Balaban J connectivity index is 2.34. The van der Waals surface area contributed by atoms with Crippen molar-refractivity contribution in [3.05, 3.63) is 23.9 Å². The molecular formula is C13H21N5. The third kappa shape index (κ3) is 2.31. The quantitative estimate of drug-likeness (QED) is 0.869. The van der Waals surface area contributed by atoms with E-state index < -0.39 is 5.54 Å². The van der Waals surface area contributed by atoms with Gasteiger partial charge in [0.15, 0.2) is 0 Å². The van der Waals surface area contributed by atoms with E-state index >= 15 is 0 Å². The number of hydrogen-bond acceptors (Lipinski definition) is 3. The zero-order valence-electron chi connectivity index (χ0n) is 11.5. The molecule has 2 aromatic rings. The molecule has 2 aromatic heterocycles. The molecule has 0 bridgehead atoms. The van der Waals surface area contributed by atoms with Crippen molar-refractivity contribution in [3.8, 4) is 11.3 Å². The van der Waals surface area contributed by atoms with Gasteiger partial charge in [-0.1, -0.05) is 13.3 Å². The molecule has 2 heterocycles. The van der Waals surface area contributed by atoms with Crippen LogP contribution in [0.5, 0.6) is 0 Å². The molecule has 2 rings (SSSR count). The lowest BCUT2D eigenvalue weighted by Gasteiger charge is -2.21. The number of nitrogens with two attached hydrogens (primary N) is 1. The Hall–Kier alpha value is -1.62. The first-order valence-electron chi connectivity index (χ1n) is 6.29. The molecule has 5 nitrogen and oxygen atoms in total. The van der Waals surface area contributed by atoms with Gasteiger partial charge in [-0.05, 0) is 20.3 Å². The van der Waals surface area contributed by atoms with Crippen LogP contribution in [0, 0.1) is 6.92 Å². The lowest BCUT2D eigenvalue weighted by atomic mass is 9.97. The van der Waals surface area contributed by atoms with Gasteiger partial charge in [-0.15, -0.1) is 0 Å². The standard InChI is InChI=1S/C13H21N5/c1-5-6-13(3,14)12-15-7-11(16-12)10-8-18(4)17-9(10)2/h7-8H,5-6,14H2,1-4H3,(H,15,16). The smallest absolute Gasteiger partial charge is 0.126 e. The summed E-state index contributed by atoms with van der Waals surface area (Å²) in [6, 6.07) is 0. The van der Waals surface area contributed by atoms with Crippen LogP contribution in [0.1, 0.15) is 38.2 Å². The number of nitrogens with one attached hydrogen (secondary N) is 1. The van der Waals surface area contributed by atoms with E-state index in [0.717, 1.165) is 35.6 Å². The average molecular weight is 247 g/mol. The molecule has 0 saturated carbocycles. The van der Waals surface area contributed by atoms with Crippen LogP contribution in [0.15, 0.2) is 12.4 Å². The number of aromatic amines is 1. The maximum absolute atomic E-state index is 6.27. The molecule has 18 heavy (non-hydrogen) atoms. The van der Waals surface area contributed by atoms with E-state index in [-0.39, 0.29) is 0 Å². The molecule has 0 aliphatic carbocycles. The third-order valence-corrected chi connectivity index (χ3v) is 3.19.